The molecule has 0 bridgehead atoms. The predicted octanol–water partition coefficient (Wildman–Crippen LogP) is 1.75. The summed E-state index contributed by atoms with van der Waals surface area (Å²) in [7, 11) is 0. The monoisotopic (exact) mass is 197 g/mol. The molecule has 0 heterocycles. The fourth-order valence-corrected chi connectivity index (χ4v) is 0.991. The lowest BCUT2D eigenvalue weighted by Crippen LogP contribution is -1.95. The van der Waals surface area contributed by atoms with Crippen molar-refractivity contribution in [2.24, 2.45) is 5.73 Å². The summed E-state index contributed by atoms with van der Waals surface area (Å²) in [5.74, 6) is -1.38. The Hall–Kier alpha value is -1.55. The van der Waals surface area contributed by atoms with Gasteiger partial charge in [0.1, 0.15) is 11.6 Å². The van der Waals surface area contributed by atoms with Crippen molar-refractivity contribution in [3.8, 4) is 0 Å². The first kappa shape index (κ1) is 10.5. The van der Waals surface area contributed by atoms with Crippen molar-refractivity contribution >= 4 is 12.4 Å². The van der Waals surface area contributed by atoms with Gasteiger partial charge < -0.3 is 5.73 Å². The maximum atomic E-state index is 13.1. The summed E-state index contributed by atoms with van der Waals surface area (Å²) in [4.78, 5) is 10.3. The van der Waals surface area contributed by atoms with E-state index in [1.54, 1.807) is 0 Å². The van der Waals surface area contributed by atoms with Crippen LogP contribution in [-0.2, 0) is 0 Å². The molecule has 14 heavy (non-hydrogen) atoms. The molecule has 0 aliphatic carbocycles. The molecule has 0 saturated carbocycles. The lowest BCUT2D eigenvalue weighted by molar-refractivity contribution is 0.111. The second-order valence-electron chi connectivity index (χ2n) is 2.65. The molecule has 4 heteroatoms. The van der Waals surface area contributed by atoms with E-state index < -0.39 is 11.6 Å². The molecule has 74 valence electrons. The van der Waals surface area contributed by atoms with Crippen molar-refractivity contribution in [3.05, 3.63) is 41.0 Å². The second kappa shape index (κ2) is 4.62. The molecule has 0 unspecified atom stereocenters. The van der Waals surface area contributed by atoms with Crippen molar-refractivity contribution in [2.45, 2.75) is 0 Å². The number of benzene rings is 1. The Labute approximate surface area is 80.0 Å². The quantitative estimate of drug-likeness (QED) is 0.750. The zero-order valence-corrected chi connectivity index (χ0v) is 7.34. The normalized spacial score (nSPS) is 10.8. The van der Waals surface area contributed by atoms with Gasteiger partial charge >= 0.3 is 0 Å². The molecule has 2 N–H and O–H groups in total. The third kappa shape index (κ3) is 2.23. The van der Waals surface area contributed by atoms with Crippen LogP contribution in [0.15, 0.2) is 18.2 Å². The van der Waals surface area contributed by atoms with Crippen molar-refractivity contribution < 1.29 is 13.6 Å². The van der Waals surface area contributed by atoms with E-state index >= 15 is 0 Å². The number of hydrogen-bond acceptors (Lipinski definition) is 2. The topological polar surface area (TPSA) is 43.1 Å². The Morgan fingerprint density at radius 2 is 1.79 bits per heavy atom. The highest BCUT2D eigenvalue weighted by Gasteiger charge is 2.06. The summed E-state index contributed by atoms with van der Waals surface area (Å²) < 4.78 is 26.1. The van der Waals surface area contributed by atoms with Gasteiger partial charge in [-0.05, 0) is 12.1 Å². The van der Waals surface area contributed by atoms with Crippen LogP contribution in [0.5, 0.6) is 0 Å². The van der Waals surface area contributed by atoms with Gasteiger partial charge in [0, 0.05) is 12.1 Å². The zero-order chi connectivity index (χ0) is 10.6. The lowest BCUT2D eigenvalue weighted by Gasteiger charge is -1.99. The number of nitrogens with two attached hydrogens (primary N) is 1. The highest BCUT2D eigenvalue weighted by Crippen LogP contribution is 2.14. The van der Waals surface area contributed by atoms with Crippen LogP contribution < -0.4 is 5.73 Å². The van der Waals surface area contributed by atoms with Gasteiger partial charge in [0.15, 0.2) is 6.29 Å². The molecule has 0 spiro atoms. The minimum Gasteiger partial charge on any atom is -0.327 e. The Morgan fingerprint density at radius 1 is 1.21 bits per heavy atom. The number of halogens is 2. The average molecular weight is 197 g/mol. The van der Waals surface area contributed by atoms with Crippen molar-refractivity contribution in [3.63, 3.8) is 0 Å². The molecule has 2 nitrogen and oxygen atoms in total. The van der Waals surface area contributed by atoms with Crippen LogP contribution in [0.25, 0.3) is 6.08 Å². The van der Waals surface area contributed by atoms with E-state index in [4.69, 9.17) is 5.73 Å². The van der Waals surface area contributed by atoms with Gasteiger partial charge in [0.25, 0.3) is 0 Å². The fraction of sp³-hybridized carbons (Fsp3) is 0.100. The fourth-order valence-electron chi connectivity index (χ4n) is 0.991. The van der Waals surface area contributed by atoms with Crippen molar-refractivity contribution in [1.29, 1.82) is 0 Å². The maximum Gasteiger partial charge on any atom is 0.153 e. The summed E-state index contributed by atoms with van der Waals surface area (Å²) in [5.41, 5.74) is 4.96. The molecule has 0 atom stereocenters. The molecule has 0 saturated heterocycles. The van der Waals surface area contributed by atoms with Crippen LogP contribution >= 0.6 is 0 Å². The molecule has 0 aromatic heterocycles. The Kier molecular flexibility index (Phi) is 3.48. The van der Waals surface area contributed by atoms with E-state index in [1.165, 1.54) is 12.2 Å². The highest BCUT2D eigenvalue weighted by atomic mass is 19.1. The molecule has 1 aromatic carbocycles. The van der Waals surface area contributed by atoms with Crippen molar-refractivity contribution in [1.82, 2.24) is 0 Å². The van der Waals surface area contributed by atoms with E-state index in [9.17, 15) is 13.6 Å². The molecule has 0 fully saturated rings. The molecule has 0 radical (unpaired) electrons. The molecule has 1 rings (SSSR count). The largest absolute Gasteiger partial charge is 0.327 e. The molecule has 1 aromatic rings. The van der Waals surface area contributed by atoms with E-state index in [0.717, 1.165) is 12.1 Å². The first-order valence-corrected chi connectivity index (χ1v) is 4.00. The number of rotatable bonds is 3. The Morgan fingerprint density at radius 3 is 2.36 bits per heavy atom. The summed E-state index contributed by atoms with van der Waals surface area (Å²) in [6, 6.07) is 1.82. The SMILES string of the molecule is NCC=Cc1cc(F)c(C=O)cc1F. The van der Waals surface area contributed by atoms with E-state index in [0.29, 0.717) is 0 Å². The van der Waals surface area contributed by atoms with Gasteiger partial charge in [0.2, 0.25) is 0 Å². The molecular formula is C10H9F2NO. The smallest absolute Gasteiger partial charge is 0.153 e. The molecule has 0 aliphatic rings. The number of carbonyl (C=O) groups is 1. The third-order valence-electron chi connectivity index (χ3n) is 1.68. The maximum absolute atomic E-state index is 13.1. The zero-order valence-electron chi connectivity index (χ0n) is 7.34. The minimum absolute atomic E-state index is 0.0820. The lowest BCUT2D eigenvalue weighted by atomic mass is 10.1. The average Bonchev–Trinajstić information content (AvgIpc) is 2.18. The van der Waals surface area contributed by atoms with Gasteiger partial charge in [-0.2, -0.15) is 0 Å². The number of aldehydes is 1. The van der Waals surface area contributed by atoms with Gasteiger partial charge in [-0.1, -0.05) is 12.2 Å². The van der Waals surface area contributed by atoms with Gasteiger partial charge in [-0.3, -0.25) is 4.79 Å². The second-order valence-corrected chi connectivity index (χ2v) is 2.65. The van der Waals surface area contributed by atoms with Crippen LogP contribution in [0.2, 0.25) is 0 Å². The van der Waals surface area contributed by atoms with Crippen LogP contribution in [0.3, 0.4) is 0 Å². The van der Waals surface area contributed by atoms with Crippen molar-refractivity contribution in [2.75, 3.05) is 6.54 Å². The Bertz CT molecular complexity index is 375. The van der Waals surface area contributed by atoms with E-state index in [-0.39, 0.29) is 24.0 Å². The minimum atomic E-state index is -0.738. The van der Waals surface area contributed by atoms with E-state index in [2.05, 4.69) is 0 Å². The molecular weight excluding hydrogens is 188 g/mol. The molecule has 0 amide bonds. The van der Waals surface area contributed by atoms with Crippen LogP contribution in [0, 0.1) is 11.6 Å². The van der Waals surface area contributed by atoms with Gasteiger partial charge in [-0.25, -0.2) is 8.78 Å². The van der Waals surface area contributed by atoms with Crippen LogP contribution in [0.1, 0.15) is 15.9 Å². The Balaban J connectivity index is 3.14. The number of hydrogen-bond donors (Lipinski definition) is 1. The predicted molar refractivity (Wildman–Crippen MR) is 49.8 cm³/mol. The van der Waals surface area contributed by atoms with Gasteiger partial charge in [-0.15, -0.1) is 0 Å². The van der Waals surface area contributed by atoms with Crippen LogP contribution in [-0.4, -0.2) is 12.8 Å². The first-order valence-electron chi connectivity index (χ1n) is 4.00. The summed E-state index contributed by atoms with van der Waals surface area (Å²) in [6.45, 7) is 0.247. The highest BCUT2D eigenvalue weighted by molar-refractivity contribution is 5.76. The number of carbonyl (C=O) groups excluding carboxylic acids is 1. The van der Waals surface area contributed by atoms with Crippen LogP contribution in [0.4, 0.5) is 8.78 Å². The molecule has 0 aliphatic heterocycles. The first-order chi connectivity index (χ1) is 6.69. The third-order valence-corrected chi connectivity index (χ3v) is 1.68. The van der Waals surface area contributed by atoms with Gasteiger partial charge in [0.05, 0.1) is 5.56 Å². The van der Waals surface area contributed by atoms with E-state index in [1.807, 2.05) is 0 Å². The summed E-state index contributed by atoms with van der Waals surface area (Å²) in [6.07, 6.45) is 3.14. The standard InChI is InChI=1S/C10H9F2NO/c11-9-5-8(6-14)10(12)4-7(9)2-1-3-13/h1-2,4-6H,3,13H2. The summed E-state index contributed by atoms with van der Waals surface area (Å²) in [5, 5.41) is 0. The summed E-state index contributed by atoms with van der Waals surface area (Å²) >= 11 is 0.